The van der Waals surface area contributed by atoms with Crippen molar-refractivity contribution in [2.45, 2.75) is 13.1 Å². The quantitative estimate of drug-likeness (QED) is 0.121. The Kier molecular flexibility index (Phi) is 13.3. The lowest BCUT2D eigenvalue weighted by atomic mass is 10.3. The van der Waals surface area contributed by atoms with Gasteiger partial charge in [0.15, 0.2) is 23.3 Å². The van der Waals surface area contributed by atoms with Gasteiger partial charge >= 0.3 is 19.9 Å². The largest absolute Gasteiger partial charge is 0.425 e. The number of benzene rings is 2. The van der Waals surface area contributed by atoms with Crippen molar-refractivity contribution in [3.8, 4) is 0 Å². The second-order valence-electron chi connectivity index (χ2n) is 9.34. The number of hydrogen-bond acceptors (Lipinski definition) is 7. The van der Waals surface area contributed by atoms with Gasteiger partial charge in [-0.2, -0.15) is 8.42 Å². The number of allylic oxidation sites excluding steroid dienone is 2. The summed E-state index contributed by atoms with van der Waals surface area (Å²) in [4.78, 5) is 24.4. The second kappa shape index (κ2) is 16.8. The van der Waals surface area contributed by atoms with Crippen molar-refractivity contribution in [2.24, 2.45) is 0 Å². The summed E-state index contributed by atoms with van der Waals surface area (Å²) in [6.07, 6.45) is 7.53. The first-order valence-corrected chi connectivity index (χ1v) is 17.0. The number of nitrogens with one attached hydrogen (secondary N) is 2. The highest BCUT2D eigenvalue weighted by molar-refractivity contribution is 8.09. The number of anilines is 2. The molecule has 0 radical (unpaired) electrons. The van der Waals surface area contributed by atoms with Crippen LogP contribution in [0.4, 0.5) is 28.9 Å². The number of fused-ring (bicyclic) bond motifs is 2. The molecular formula is C28H19Cl3F4N4O8S2. The molecule has 2 amide bonds. The lowest BCUT2D eigenvalue weighted by Gasteiger charge is -2.08. The molecule has 2 aromatic carbocycles. The number of carbonyl (C=O) groups excluding carboxylic acids is 2. The van der Waals surface area contributed by atoms with Crippen LogP contribution in [0.25, 0.3) is 12.2 Å². The molecule has 260 valence electrons. The van der Waals surface area contributed by atoms with Crippen LogP contribution in [0.1, 0.15) is 32.4 Å². The number of rotatable bonds is 4. The van der Waals surface area contributed by atoms with E-state index >= 15 is 0 Å². The van der Waals surface area contributed by atoms with E-state index in [0.717, 1.165) is 35.7 Å². The average Bonchev–Trinajstić information content (AvgIpc) is 3.73. The smallest absolute Gasteiger partial charge is 0.332 e. The minimum atomic E-state index is -4.19. The van der Waals surface area contributed by atoms with E-state index in [4.69, 9.17) is 48.8 Å². The third-order valence-corrected chi connectivity index (χ3v) is 6.68. The predicted molar refractivity (Wildman–Crippen MR) is 173 cm³/mol. The molecular weight excluding hydrogens is 767 g/mol. The molecule has 0 bridgehead atoms. The van der Waals surface area contributed by atoms with Gasteiger partial charge in [0.2, 0.25) is 0 Å². The molecule has 21 heteroatoms. The van der Waals surface area contributed by atoms with E-state index in [2.05, 4.69) is 21.3 Å². The van der Waals surface area contributed by atoms with Crippen LogP contribution < -0.4 is 10.6 Å². The van der Waals surface area contributed by atoms with Gasteiger partial charge in [0.1, 0.15) is 11.4 Å². The van der Waals surface area contributed by atoms with Crippen LogP contribution in [0.5, 0.6) is 0 Å². The fraction of sp³-hybridized carbons (Fsp3) is 0.0714. The van der Waals surface area contributed by atoms with Crippen LogP contribution in [-0.4, -0.2) is 46.5 Å². The predicted octanol–water partition coefficient (Wildman–Crippen LogP) is 6.42. The van der Waals surface area contributed by atoms with Gasteiger partial charge in [0.25, 0.3) is 11.8 Å². The van der Waals surface area contributed by atoms with Crippen LogP contribution in [0.15, 0.2) is 60.7 Å². The summed E-state index contributed by atoms with van der Waals surface area (Å²) in [5.41, 5.74) is 2.63. The molecule has 2 aliphatic heterocycles. The minimum absolute atomic E-state index is 0.173. The van der Waals surface area contributed by atoms with E-state index in [1.165, 1.54) is 12.1 Å². The normalized spacial score (nSPS) is 11.9. The zero-order chi connectivity index (χ0) is 36.6. The molecule has 0 saturated heterocycles. The molecule has 4 aromatic rings. The van der Waals surface area contributed by atoms with E-state index in [1.54, 1.807) is 21.3 Å². The molecule has 12 nitrogen and oxygen atoms in total. The number of hydrogen-bond donors (Lipinski definition) is 3. The van der Waals surface area contributed by atoms with Crippen molar-refractivity contribution >= 4 is 89.2 Å². The monoisotopic (exact) mass is 784 g/mol. The molecule has 0 spiro atoms. The van der Waals surface area contributed by atoms with E-state index in [9.17, 15) is 27.2 Å². The first-order chi connectivity index (χ1) is 22.8. The third kappa shape index (κ3) is 11.3. The van der Waals surface area contributed by atoms with E-state index in [-0.39, 0.29) is 11.4 Å². The van der Waals surface area contributed by atoms with Gasteiger partial charge in [-0.05, 0) is 48.6 Å². The fourth-order valence-electron chi connectivity index (χ4n) is 4.29. The van der Waals surface area contributed by atoms with Gasteiger partial charge in [-0.3, -0.25) is 14.1 Å². The first kappa shape index (κ1) is 39.0. The molecule has 2 aromatic heterocycles. The summed E-state index contributed by atoms with van der Waals surface area (Å²) in [5.74, 6) is -4.89. The number of carbonyl (C=O) groups is 2. The van der Waals surface area contributed by atoms with Crippen molar-refractivity contribution in [1.29, 1.82) is 0 Å². The average molecular weight is 786 g/mol. The number of nitrogens with zero attached hydrogens (tertiary/aromatic N) is 2. The Hall–Kier alpha value is -4.46. The Morgan fingerprint density at radius 3 is 1.33 bits per heavy atom. The zero-order valence-corrected chi connectivity index (χ0v) is 27.9. The van der Waals surface area contributed by atoms with Crippen molar-refractivity contribution in [1.82, 2.24) is 9.13 Å². The Morgan fingerprint density at radius 2 is 1.02 bits per heavy atom. The van der Waals surface area contributed by atoms with E-state index < -0.39 is 55.0 Å². The Morgan fingerprint density at radius 1 is 0.694 bits per heavy atom. The van der Waals surface area contributed by atoms with E-state index in [1.807, 2.05) is 24.3 Å². The van der Waals surface area contributed by atoms with Crippen molar-refractivity contribution in [2.75, 3.05) is 10.6 Å². The molecule has 2 aliphatic rings. The molecule has 0 atom stereocenters. The van der Waals surface area contributed by atoms with Crippen molar-refractivity contribution in [3.63, 3.8) is 0 Å². The topological polar surface area (TPSA) is 174 Å². The van der Waals surface area contributed by atoms with Crippen LogP contribution in [-0.2, 0) is 33.0 Å². The summed E-state index contributed by atoms with van der Waals surface area (Å²) in [6, 6.07) is 9.71. The van der Waals surface area contributed by atoms with E-state index in [0.29, 0.717) is 34.5 Å². The Balaban J connectivity index is 0.000000214. The highest BCUT2D eigenvalue weighted by Gasteiger charge is 2.22. The van der Waals surface area contributed by atoms with Crippen LogP contribution in [0.3, 0.4) is 0 Å². The van der Waals surface area contributed by atoms with Gasteiger partial charge in [-0.15, -0.1) is 12.6 Å². The Bertz CT molecular complexity index is 2070. The summed E-state index contributed by atoms with van der Waals surface area (Å²) >= 11 is 12.1. The molecule has 0 aliphatic carbocycles. The van der Waals surface area contributed by atoms with Gasteiger partial charge < -0.3 is 19.8 Å². The minimum Gasteiger partial charge on any atom is -0.332 e. The maximum atomic E-state index is 13.1. The molecule has 3 N–H and O–H groups in total. The lowest BCUT2D eigenvalue weighted by Crippen LogP contribution is -2.17. The van der Waals surface area contributed by atoms with Crippen LogP contribution >= 0.6 is 33.9 Å². The molecule has 0 saturated carbocycles. The second-order valence-corrected chi connectivity index (χ2v) is 12.6. The number of aromatic nitrogens is 2. The van der Waals surface area contributed by atoms with Gasteiger partial charge in [-0.1, -0.05) is 35.4 Å². The van der Waals surface area contributed by atoms with Crippen LogP contribution in [0.2, 0.25) is 10.0 Å². The third-order valence-electron chi connectivity index (χ3n) is 6.10. The van der Waals surface area contributed by atoms with Crippen molar-refractivity contribution in [3.05, 3.63) is 117 Å². The fourth-order valence-corrected chi connectivity index (χ4v) is 4.89. The standard InChI is InChI=1S/2C14H9ClF2N2O.ClHO3S.O3S/c2*15-10-7-9-2-1-5-19(9)13(10)14(20)18-8-3-4-11(16)12(17)6-8;1-5(2,3)4;1-4(2)3/h2*1-4,6-7H,5H2,(H,18,20);(H,2,3,4);. The molecule has 0 fully saturated rings. The number of amides is 2. The summed E-state index contributed by atoms with van der Waals surface area (Å²) in [7, 11) is -3.25. The number of halogens is 7. The summed E-state index contributed by atoms with van der Waals surface area (Å²) in [5, 5.41) is 5.66. The zero-order valence-electron chi connectivity index (χ0n) is 24.0. The van der Waals surface area contributed by atoms with Crippen LogP contribution in [0, 0.1) is 23.3 Å². The molecule has 49 heavy (non-hydrogen) atoms. The Labute approximate surface area is 290 Å². The molecule has 0 unspecified atom stereocenters. The van der Waals surface area contributed by atoms with Gasteiger partial charge in [-0.25, -0.2) is 17.6 Å². The maximum absolute atomic E-state index is 13.1. The highest BCUT2D eigenvalue weighted by atomic mass is 35.7. The summed E-state index contributed by atoms with van der Waals surface area (Å²) in [6.45, 7) is 1.12. The maximum Gasteiger partial charge on any atom is 0.425 e. The van der Waals surface area contributed by atoms with Gasteiger partial charge in [0, 0.05) is 58.7 Å². The highest BCUT2D eigenvalue weighted by Crippen LogP contribution is 2.28. The first-order valence-electron chi connectivity index (χ1n) is 12.9. The van der Waals surface area contributed by atoms with Gasteiger partial charge in [0.05, 0.1) is 10.0 Å². The molecule has 4 heterocycles. The molecule has 6 rings (SSSR count). The summed E-state index contributed by atoms with van der Waals surface area (Å²) < 4.78 is 106. The van der Waals surface area contributed by atoms with Crippen molar-refractivity contribution < 1.29 is 52.7 Å². The SMILES string of the molecule is O=C(Nc1ccc(F)c(F)c1)c1c(Cl)cc2n1CC=C2.O=C(Nc1ccc(F)c(F)c1)c1c(Cl)cc2n1CC=C2.O=S(=O)(O)Cl.O=S(=O)=O. The lowest BCUT2D eigenvalue weighted by molar-refractivity contribution is 0.101.